The van der Waals surface area contributed by atoms with E-state index in [-0.39, 0.29) is 5.91 Å². The lowest BCUT2D eigenvalue weighted by Crippen LogP contribution is -2.16. The van der Waals surface area contributed by atoms with Gasteiger partial charge in [0, 0.05) is 11.6 Å². The number of thiazole rings is 1. The van der Waals surface area contributed by atoms with Gasteiger partial charge in [-0.2, -0.15) is 0 Å². The predicted molar refractivity (Wildman–Crippen MR) is 98.1 cm³/mol. The number of thiophene rings is 1. The number of amides is 1. The van der Waals surface area contributed by atoms with Gasteiger partial charge in [-0.05, 0) is 42.6 Å². The van der Waals surface area contributed by atoms with E-state index in [1.165, 1.54) is 11.3 Å². The summed E-state index contributed by atoms with van der Waals surface area (Å²) < 4.78 is 4.10. The Balaban J connectivity index is 1.68. The number of halogens is 1. The summed E-state index contributed by atoms with van der Waals surface area (Å²) in [5.74, 6) is -0.139. The number of carbonyl (C=O) groups is 1. The van der Waals surface area contributed by atoms with Crippen LogP contribution in [0.1, 0.15) is 17.4 Å². The zero-order valence-electron chi connectivity index (χ0n) is 12.2. The zero-order chi connectivity index (χ0) is 16.0. The number of aromatic nitrogens is 2. The van der Waals surface area contributed by atoms with Gasteiger partial charge in [0.2, 0.25) is 0 Å². The molecule has 23 heavy (non-hydrogen) atoms. The molecule has 3 heterocycles. The number of nitrogens with zero attached hydrogens (tertiary/aromatic N) is 2. The SMILES string of the molecule is CCn1c(C(=O)Nc2nc3ccc(Cl)cc3s2)cc2sccc21. The van der Waals surface area contributed by atoms with Crippen LogP contribution in [0.5, 0.6) is 0 Å². The highest BCUT2D eigenvalue weighted by Crippen LogP contribution is 2.30. The fourth-order valence-electron chi connectivity index (χ4n) is 2.62. The summed E-state index contributed by atoms with van der Waals surface area (Å²) in [6.45, 7) is 2.78. The van der Waals surface area contributed by atoms with Crippen LogP contribution in [-0.2, 0) is 6.54 Å². The van der Waals surface area contributed by atoms with Gasteiger partial charge in [0.1, 0.15) is 5.69 Å². The highest BCUT2D eigenvalue weighted by Gasteiger charge is 2.17. The first-order valence-electron chi connectivity index (χ1n) is 7.10. The standard InChI is InChI=1S/C16H12ClN3OS2/c1-2-20-11-5-6-22-14(11)8-12(20)15(21)19-16-18-10-4-3-9(17)7-13(10)23-16/h3-8H,2H2,1H3,(H,18,19,21). The van der Waals surface area contributed by atoms with Crippen LogP contribution >= 0.6 is 34.3 Å². The molecule has 0 spiro atoms. The maximum atomic E-state index is 12.6. The number of hydrogen-bond donors (Lipinski definition) is 1. The maximum Gasteiger partial charge on any atom is 0.274 e. The molecule has 0 atom stereocenters. The lowest BCUT2D eigenvalue weighted by Gasteiger charge is -2.06. The summed E-state index contributed by atoms with van der Waals surface area (Å²) in [5.41, 5.74) is 2.59. The first-order chi connectivity index (χ1) is 11.2. The second-order valence-corrected chi connectivity index (χ2v) is 7.44. The molecule has 3 aromatic heterocycles. The second-order valence-electron chi connectivity index (χ2n) is 5.03. The molecule has 0 saturated carbocycles. The van der Waals surface area contributed by atoms with Crippen molar-refractivity contribution >= 4 is 65.7 Å². The first-order valence-corrected chi connectivity index (χ1v) is 9.17. The number of hydrogen-bond acceptors (Lipinski definition) is 4. The van der Waals surface area contributed by atoms with Crippen LogP contribution in [0.2, 0.25) is 5.02 Å². The van der Waals surface area contributed by atoms with Crippen molar-refractivity contribution in [2.75, 3.05) is 5.32 Å². The molecule has 0 aliphatic carbocycles. The van der Waals surface area contributed by atoms with Gasteiger partial charge in [-0.25, -0.2) is 4.98 Å². The molecular weight excluding hydrogens is 350 g/mol. The quantitative estimate of drug-likeness (QED) is 0.542. The average Bonchev–Trinajstić information content (AvgIpc) is 3.18. The van der Waals surface area contributed by atoms with Crippen molar-refractivity contribution in [3.63, 3.8) is 0 Å². The van der Waals surface area contributed by atoms with Gasteiger partial charge in [0.05, 0.1) is 20.4 Å². The minimum atomic E-state index is -0.139. The largest absolute Gasteiger partial charge is 0.336 e. The molecule has 1 aromatic carbocycles. The van der Waals surface area contributed by atoms with Crippen LogP contribution in [0.15, 0.2) is 35.7 Å². The minimum absolute atomic E-state index is 0.139. The Labute approximate surface area is 145 Å². The fraction of sp³-hybridized carbons (Fsp3) is 0.125. The van der Waals surface area contributed by atoms with Gasteiger partial charge in [0.25, 0.3) is 5.91 Å². The molecule has 0 aliphatic rings. The monoisotopic (exact) mass is 361 g/mol. The number of fused-ring (bicyclic) bond motifs is 2. The molecule has 1 amide bonds. The molecule has 0 fully saturated rings. The van der Waals surface area contributed by atoms with Crippen LogP contribution < -0.4 is 5.32 Å². The van der Waals surface area contributed by atoms with E-state index in [0.29, 0.717) is 15.8 Å². The minimum Gasteiger partial charge on any atom is -0.336 e. The summed E-state index contributed by atoms with van der Waals surface area (Å²) in [6.07, 6.45) is 0. The molecule has 4 nitrogen and oxygen atoms in total. The Morgan fingerprint density at radius 2 is 2.17 bits per heavy atom. The van der Waals surface area contributed by atoms with Crippen LogP contribution in [0.4, 0.5) is 5.13 Å². The van der Waals surface area contributed by atoms with E-state index in [9.17, 15) is 4.79 Å². The molecule has 4 aromatic rings. The molecule has 116 valence electrons. The van der Waals surface area contributed by atoms with Crippen LogP contribution in [0.25, 0.3) is 20.4 Å². The topological polar surface area (TPSA) is 46.9 Å². The average molecular weight is 362 g/mol. The molecule has 0 aliphatic heterocycles. The molecule has 4 rings (SSSR count). The third kappa shape index (κ3) is 2.52. The molecular formula is C16H12ClN3OS2. The van der Waals surface area contributed by atoms with Crippen LogP contribution in [0, 0.1) is 0 Å². The Kier molecular flexibility index (Phi) is 3.60. The zero-order valence-corrected chi connectivity index (χ0v) is 14.6. The lowest BCUT2D eigenvalue weighted by molar-refractivity contribution is 0.101. The number of rotatable bonds is 3. The smallest absolute Gasteiger partial charge is 0.274 e. The fourth-order valence-corrected chi connectivity index (χ4v) is 4.58. The van der Waals surface area contributed by atoms with Crippen molar-refractivity contribution < 1.29 is 4.79 Å². The normalized spacial score (nSPS) is 11.4. The summed E-state index contributed by atoms with van der Waals surface area (Å²) in [6, 6.07) is 9.48. The second kappa shape index (κ2) is 5.63. The van der Waals surface area contributed by atoms with E-state index in [2.05, 4.69) is 10.3 Å². The van der Waals surface area contributed by atoms with Crippen molar-refractivity contribution in [3.05, 3.63) is 46.4 Å². The number of anilines is 1. The van der Waals surface area contributed by atoms with Crippen LogP contribution in [0.3, 0.4) is 0 Å². The van der Waals surface area contributed by atoms with E-state index in [1.807, 2.05) is 41.1 Å². The highest BCUT2D eigenvalue weighted by molar-refractivity contribution is 7.22. The summed E-state index contributed by atoms with van der Waals surface area (Å²) >= 11 is 9.05. The van der Waals surface area contributed by atoms with E-state index in [0.717, 1.165) is 27.0 Å². The molecule has 0 unspecified atom stereocenters. The third-order valence-electron chi connectivity index (χ3n) is 3.64. The number of aryl methyl sites for hydroxylation is 1. The van der Waals surface area contributed by atoms with Gasteiger partial charge in [-0.3, -0.25) is 10.1 Å². The summed E-state index contributed by atoms with van der Waals surface area (Å²) in [4.78, 5) is 17.1. The summed E-state index contributed by atoms with van der Waals surface area (Å²) in [7, 11) is 0. The van der Waals surface area contributed by atoms with Gasteiger partial charge >= 0.3 is 0 Å². The molecule has 1 N–H and O–H groups in total. The van der Waals surface area contributed by atoms with E-state index in [4.69, 9.17) is 11.6 Å². The lowest BCUT2D eigenvalue weighted by atomic mass is 10.3. The van der Waals surface area contributed by atoms with E-state index >= 15 is 0 Å². The maximum absolute atomic E-state index is 12.6. The summed E-state index contributed by atoms with van der Waals surface area (Å²) in [5, 5.41) is 6.19. The van der Waals surface area contributed by atoms with Crippen molar-refractivity contribution in [2.24, 2.45) is 0 Å². The molecule has 0 radical (unpaired) electrons. The third-order valence-corrected chi connectivity index (χ3v) is 5.66. The van der Waals surface area contributed by atoms with E-state index < -0.39 is 0 Å². The van der Waals surface area contributed by atoms with Crippen molar-refractivity contribution in [3.8, 4) is 0 Å². The molecule has 7 heteroatoms. The van der Waals surface area contributed by atoms with E-state index in [1.54, 1.807) is 17.4 Å². The Bertz CT molecular complexity index is 1030. The van der Waals surface area contributed by atoms with Gasteiger partial charge in [-0.1, -0.05) is 22.9 Å². The van der Waals surface area contributed by atoms with Crippen molar-refractivity contribution in [1.29, 1.82) is 0 Å². The van der Waals surface area contributed by atoms with Crippen molar-refractivity contribution in [2.45, 2.75) is 13.5 Å². The predicted octanol–water partition coefficient (Wildman–Crippen LogP) is 5.24. The number of benzene rings is 1. The highest BCUT2D eigenvalue weighted by atomic mass is 35.5. The Morgan fingerprint density at radius 3 is 3.00 bits per heavy atom. The molecule has 0 bridgehead atoms. The van der Waals surface area contributed by atoms with Gasteiger partial charge in [0.15, 0.2) is 5.13 Å². The van der Waals surface area contributed by atoms with Crippen molar-refractivity contribution in [1.82, 2.24) is 9.55 Å². The molecule has 0 saturated heterocycles. The Hall–Kier alpha value is -1.89. The number of nitrogens with one attached hydrogen (secondary N) is 1. The van der Waals surface area contributed by atoms with Gasteiger partial charge < -0.3 is 4.57 Å². The Morgan fingerprint density at radius 1 is 1.30 bits per heavy atom. The number of carbonyl (C=O) groups excluding carboxylic acids is 1. The first kappa shape index (κ1) is 14.7. The van der Waals surface area contributed by atoms with Gasteiger partial charge in [-0.15, -0.1) is 11.3 Å². The van der Waals surface area contributed by atoms with Crippen LogP contribution in [-0.4, -0.2) is 15.5 Å².